The lowest BCUT2D eigenvalue weighted by Crippen LogP contribution is -2.52. The minimum atomic E-state index is -3.68. The molecule has 1 fully saturated rings. The third-order valence-corrected chi connectivity index (χ3v) is 5.71. The molecule has 2 aromatic carbocycles. The molecule has 0 spiro atoms. The summed E-state index contributed by atoms with van der Waals surface area (Å²) in [6, 6.07) is 9.67. The molecule has 32 heavy (non-hydrogen) atoms. The molecule has 4 rings (SSSR count). The molecule has 2 N–H and O–H groups in total. The molecule has 1 atom stereocenters. The number of halogens is 2. The maximum absolute atomic E-state index is 14.5. The van der Waals surface area contributed by atoms with Crippen molar-refractivity contribution in [1.29, 1.82) is 0 Å². The van der Waals surface area contributed by atoms with Crippen molar-refractivity contribution < 1.29 is 28.0 Å². The SMILES string of the molecule is Cc1cccc(C(F)(F)C(=O)NCc2ccc3c(c2)CN(C2CCC(=O)NC2=O)C3=O)c1. The van der Waals surface area contributed by atoms with Gasteiger partial charge in [-0.3, -0.25) is 24.5 Å². The molecule has 9 heteroatoms. The van der Waals surface area contributed by atoms with Gasteiger partial charge in [-0.15, -0.1) is 0 Å². The first-order chi connectivity index (χ1) is 15.2. The summed E-state index contributed by atoms with van der Waals surface area (Å²) in [6.45, 7) is 1.70. The summed E-state index contributed by atoms with van der Waals surface area (Å²) in [6.07, 6.45) is 0.407. The number of hydrogen-bond donors (Lipinski definition) is 2. The van der Waals surface area contributed by atoms with Crippen molar-refractivity contribution in [1.82, 2.24) is 15.5 Å². The molecule has 0 aliphatic carbocycles. The summed E-state index contributed by atoms with van der Waals surface area (Å²) in [5, 5.41) is 4.50. The average molecular weight is 441 g/mol. The van der Waals surface area contributed by atoms with Crippen LogP contribution in [-0.2, 0) is 33.4 Å². The second-order valence-corrected chi connectivity index (χ2v) is 8.02. The number of fused-ring (bicyclic) bond motifs is 1. The molecule has 2 heterocycles. The molecule has 1 unspecified atom stereocenters. The lowest BCUT2D eigenvalue weighted by Gasteiger charge is -2.29. The van der Waals surface area contributed by atoms with E-state index in [4.69, 9.17) is 0 Å². The van der Waals surface area contributed by atoms with Crippen molar-refractivity contribution in [2.75, 3.05) is 0 Å². The summed E-state index contributed by atoms with van der Waals surface area (Å²) in [5.41, 5.74) is 1.84. The zero-order chi connectivity index (χ0) is 23.0. The van der Waals surface area contributed by atoms with Gasteiger partial charge in [0.2, 0.25) is 11.8 Å². The molecule has 2 aliphatic rings. The molecular weight excluding hydrogens is 420 g/mol. The van der Waals surface area contributed by atoms with Gasteiger partial charge in [-0.25, -0.2) is 0 Å². The second kappa shape index (κ2) is 8.14. The van der Waals surface area contributed by atoms with Gasteiger partial charge in [0.05, 0.1) is 0 Å². The number of nitrogens with zero attached hydrogens (tertiary/aromatic N) is 1. The highest BCUT2D eigenvalue weighted by Crippen LogP contribution is 2.30. The minimum Gasteiger partial charge on any atom is -0.346 e. The van der Waals surface area contributed by atoms with E-state index in [-0.39, 0.29) is 43.3 Å². The third-order valence-electron chi connectivity index (χ3n) is 5.71. The molecule has 2 aliphatic heterocycles. The molecule has 2 aromatic rings. The van der Waals surface area contributed by atoms with Crippen molar-refractivity contribution >= 4 is 23.6 Å². The zero-order valence-corrected chi connectivity index (χ0v) is 17.3. The number of hydrogen-bond acceptors (Lipinski definition) is 4. The highest BCUT2D eigenvalue weighted by atomic mass is 19.3. The van der Waals surface area contributed by atoms with E-state index >= 15 is 0 Å². The largest absolute Gasteiger partial charge is 0.349 e. The highest BCUT2D eigenvalue weighted by molar-refractivity contribution is 6.05. The van der Waals surface area contributed by atoms with E-state index in [1.807, 2.05) is 0 Å². The first-order valence-corrected chi connectivity index (χ1v) is 10.2. The quantitative estimate of drug-likeness (QED) is 0.696. The van der Waals surface area contributed by atoms with Crippen LogP contribution < -0.4 is 10.6 Å². The number of alkyl halides is 2. The van der Waals surface area contributed by atoms with Crippen LogP contribution in [0.3, 0.4) is 0 Å². The van der Waals surface area contributed by atoms with E-state index in [1.165, 1.54) is 23.1 Å². The van der Waals surface area contributed by atoms with Gasteiger partial charge < -0.3 is 10.2 Å². The number of nitrogens with one attached hydrogen (secondary N) is 2. The van der Waals surface area contributed by atoms with Gasteiger partial charge in [-0.1, -0.05) is 35.9 Å². The standard InChI is InChI=1S/C23H21F2N3O4/c1-13-3-2-4-16(9-13)23(24,25)22(32)26-11-14-5-6-17-15(10-14)12-28(21(17)31)18-7-8-19(29)27-20(18)30/h2-6,9-10,18H,7-8,11-12H2,1H3,(H,26,32)(H,27,29,30). The van der Waals surface area contributed by atoms with Gasteiger partial charge in [0.1, 0.15) is 6.04 Å². The Kier molecular flexibility index (Phi) is 5.50. The Morgan fingerprint density at radius 2 is 1.97 bits per heavy atom. The number of piperidine rings is 1. The van der Waals surface area contributed by atoms with E-state index in [9.17, 15) is 28.0 Å². The predicted molar refractivity (Wildman–Crippen MR) is 109 cm³/mol. The van der Waals surface area contributed by atoms with Crippen molar-refractivity contribution in [3.05, 3.63) is 70.3 Å². The average Bonchev–Trinajstić information content (AvgIpc) is 3.07. The molecule has 1 saturated heterocycles. The molecule has 0 radical (unpaired) electrons. The molecule has 4 amide bonds. The molecular formula is C23H21F2N3O4. The smallest absolute Gasteiger partial charge is 0.346 e. The number of carbonyl (C=O) groups is 4. The summed E-state index contributed by atoms with van der Waals surface area (Å²) in [4.78, 5) is 49.8. The number of benzene rings is 2. The van der Waals surface area contributed by atoms with Crippen molar-refractivity contribution in [3.8, 4) is 0 Å². The van der Waals surface area contributed by atoms with Gasteiger partial charge in [0.15, 0.2) is 0 Å². The predicted octanol–water partition coefficient (Wildman–Crippen LogP) is 2.16. The Balaban J connectivity index is 1.44. The van der Waals surface area contributed by atoms with Gasteiger partial charge in [0, 0.05) is 30.6 Å². The van der Waals surface area contributed by atoms with E-state index in [2.05, 4.69) is 10.6 Å². The monoisotopic (exact) mass is 441 g/mol. The number of aryl methyl sites for hydroxylation is 1. The van der Waals surface area contributed by atoms with Crippen LogP contribution in [0.5, 0.6) is 0 Å². The Bertz CT molecular complexity index is 1130. The van der Waals surface area contributed by atoms with Gasteiger partial charge in [0.25, 0.3) is 11.8 Å². The maximum atomic E-state index is 14.5. The number of imide groups is 1. The van der Waals surface area contributed by atoms with Crippen LogP contribution in [0.2, 0.25) is 0 Å². The van der Waals surface area contributed by atoms with Gasteiger partial charge in [-0.05, 0) is 36.6 Å². The van der Waals surface area contributed by atoms with Crippen LogP contribution in [0.1, 0.15) is 45.5 Å². The first-order valence-electron chi connectivity index (χ1n) is 10.2. The van der Waals surface area contributed by atoms with Crippen LogP contribution in [0, 0.1) is 6.92 Å². The van der Waals surface area contributed by atoms with Crippen LogP contribution in [0.25, 0.3) is 0 Å². The van der Waals surface area contributed by atoms with Gasteiger partial charge >= 0.3 is 5.92 Å². The first kappa shape index (κ1) is 21.6. The summed E-state index contributed by atoms with van der Waals surface area (Å²) >= 11 is 0. The van der Waals surface area contributed by atoms with E-state index in [0.717, 1.165) is 0 Å². The Labute approximate surface area is 182 Å². The number of rotatable bonds is 5. The Morgan fingerprint density at radius 1 is 1.19 bits per heavy atom. The van der Waals surface area contributed by atoms with Crippen molar-refractivity contribution in [2.45, 2.75) is 44.8 Å². The summed E-state index contributed by atoms with van der Waals surface area (Å²) < 4.78 is 29.0. The molecule has 0 aromatic heterocycles. The fourth-order valence-corrected chi connectivity index (χ4v) is 4.00. The topological polar surface area (TPSA) is 95.6 Å². The van der Waals surface area contributed by atoms with Crippen LogP contribution in [0.15, 0.2) is 42.5 Å². The van der Waals surface area contributed by atoms with Crippen LogP contribution in [-0.4, -0.2) is 34.6 Å². The Hall–Kier alpha value is -3.62. The summed E-state index contributed by atoms with van der Waals surface area (Å²) in [7, 11) is 0. The van der Waals surface area contributed by atoms with E-state index in [1.54, 1.807) is 31.2 Å². The molecule has 7 nitrogen and oxygen atoms in total. The molecule has 0 bridgehead atoms. The number of amides is 4. The van der Waals surface area contributed by atoms with E-state index in [0.29, 0.717) is 22.3 Å². The highest BCUT2D eigenvalue weighted by Gasteiger charge is 2.41. The number of carbonyl (C=O) groups excluding carboxylic acids is 4. The van der Waals surface area contributed by atoms with E-state index < -0.39 is 23.8 Å². The molecule has 0 saturated carbocycles. The normalized spacial score (nSPS) is 18.4. The third kappa shape index (κ3) is 3.98. The van der Waals surface area contributed by atoms with Gasteiger partial charge in [-0.2, -0.15) is 8.78 Å². The van der Waals surface area contributed by atoms with Crippen molar-refractivity contribution in [3.63, 3.8) is 0 Å². The lowest BCUT2D eigenvalue weighted by molar-refractivity contribution is -0.147. The maximum Gasteiger partial charge on any atom is 0.349 e. The fourth-order valence-electron chi connectivity index (χ4n) is 4.00. The summed E-state index contributed by atoms with van der Waals surface area (Å²) in [5.74, 6) is -6.29. The zero-order valence-electron chi connectivity index (χ0n) is 17.3. The van der Waals surface area contributed by atoms with Crippen LogP contribution >= 0.6 is 0 Å². The van der Waals surface area contributed by atoms with Crippen molar-refractivity contribution in [2.24, 2.45) is 0 Å². The lowest BCUT2D eigenvalue weighted by atomic mass is 10.0. The minimum absolute atomic E-state index is 0.139. The second-order valence-electron chi connectivity index (χ2n) is 8.02. The molecule has 166 valence electrons. The fraction of sp³-hybridized carbons (Fsp3) is 0.304. The Morgan fingerprint density at radius 3 is 2.69 bits per heavy atom. The van der Waals surface area contributed by atoms with Crippen LogP contribution in [0.4, 0.5) is 8.78 Å².